The van der Waals surface area contributed by atoms with Crippen LogP contribution < -0.4 is 5.32 Å². The van der Waals surface area contributed by atoms with Crippen molar-refractivity contribution in [2.75, 3.05) is 18.8 Å². The maximum absolute atomic E-state index is 12.1. The minimum Gasteiger partial charge on any atom is -0.444 e. The van der Waals surface area contributed by atoms with Gasteiger partial charge in [0.05, 0.1) is 24.7 Å². The van der Waals surface area contributed by atoms with E-state index in [-0.39, 0.29) is 18.1 Å². The molecule has 0 saturated carbocycles. The maximum atomic E-state index is 12.1. The number of amides is 2. The fraction of sp³-hybridized carbons (Fsp3) is 0.524. The molecule has 0 radical (unpaired) electrons. The zero-order valence-corrected chi connectivity index (χ0v) is 18.4. The van der Waals surface area contributed by atoms with Gasteiger partial charge >= 0.3 is 6.09 Å². The van der Waals surface area contributed by atoms with E-state index in [2.05, 4.69) is 15.5 Å². The Hall–Kier alpha value is -2.39. The zero-order chi connectivity index (χ0) is 21.6. The Morgan fingerprint density at radius 2 is 1.97 bits per heavy atom. The van der Waals surface area contributed by atoms with Crippen LogP contribution in [-0.2, 0) is 20.9 Å². The average Bonchev–Trinajstić information content (AvgIpc) is 3.11. The number of nitrogens with one attached hydrogen (secondary N) is 1. The van der Waals surface area contributed by atoms with E-state index in [0.29, 0.717) is 30.6 Å². The van der Waals surface area contributed by atoms with Gasteiger partial charge in [0.25, 0.3) is 0 Å². The van der Waals surface area contributed by atoms with E-state index in [9.17, 15) is 9.59 Å². The van der Waals surface area contributed by atoms with Crippen molar-refractivity contribution in [3.05, 3.63) is 35.4 Å². The first-order valence-corrected chi connectivity index (χ1v) is 11.0. The standard InChI is InChI=1S/C21H28N4O4S/c1-21(2,3)29-20(27)25-10-8-17(9-11-25)28-13-16-6-4-15(5-7-16)12-22-24-19-23-18(26)14-30-19/h4-7,12,17H,8-11,13-14H2,1-3H3,(H,23,24,26). The molecule has 0 aliphatic carbocycles. The Balaban J connectivity index is 1.39. The Labute approximate surface area is 181 Å². The lowest BCUT2D eigenvalue weighted by atomic mass is 10.1. The third kappa shape index (κ3) is 7.14. The molecule has 0 atom stereocenters. The van der Waals surface area contributed by atoms with Crippen LogP contribution in [0.3, 0.4) is 0 Å². The Bertz CT molecular complexity index is 809. The summed E-state index contributed by atoms with van der Waals surface area (Å²) >= 11 is 1.34. The highest BCUT2D eigenvalue weighted by atomic mass is 32.2. The van der Waals surface area contributed by atoms with Gasteiger partial charge < -0.3 is 19.7 Å². The summed E-state index contributed by atoms with van der Waals surface area (Å²) < 4.78 is 11.4. The first-order chi connectivity index (χ1) is 14.3. The highest BCUT2D eigenvalue weighted by molar-refractivity contribution is 8.15. The Morgan fingerprint density at radius 1 is 1.27 bits per heavy atom. The van der Waals surface area contributed by atoms with Gasteiger partial charge in [-0.05, 0) is 44.7 Å². The van der Waals surface area contributed by atoms with Crippen LogP contribution in [0.1, 0.15) is 44.7 Å². The molecule has 0 aromatic heterocycles. The van der Waals surface area contributed by atoms with Gasteiger partial charge in [-0.25, -0.2) is 4.79 Å². The smallest absolute Gasteiger partial charge is 0.410 e. The van der Waals surface area contributed by atoms with Gasteiger partial charge in [0.1, 0.15) is 5.60 Å². The van der Waals surface area contributed by atoms with Crippen molar-refractivity contribution in [1.29, 1.82) is 0 Å². The maximum Gasteiger partial charge on any atom is 0.410 e. The fourth-order valence-electron chi connectivity index (χ4n) is 2.97. The first-order valence-electron chi connectivity index (χ1n) is 10.0. The summed E-state index contributed by atoms with van der Waals surface area (Å²) in [6.45, 7) is 7.45. The average molecular weight is 433 g/mol. The first kappa shape index (κ1) is 22.3. The Morgan fingerprint density at radius 3 is 2.57 bits per heavy atom. The summed E-state index contributed by atoms with van der Waals surface area (Å²) in [5.74, 6) is 0.345. The number of thioether (sulfide) groups is 1. The van der Waals surface area contributed by atoms with Crippen LogP contribution in [0, 0.1) is 0 Å². The normalized spacial score (nSPS) is 19.5. The predicted molar refractivity (Wildman–Crippen MR) is 118 cm³/mol. The summed E-state index contributed by atoms with van der Waals surface area (Å²) in [6, 6.07) is 7.90. The monoisotopic (exact) mass is 432 g/mol. The molecule has 2 saturated heterocycles. The molecule has 2 amide bonds. The topological polar surface area (TPSA) is 92.6 Å². The van der Waals surface area contributed by atoms with E-state index in [0.717, 1.165) is 24.0 Å². The molecular formula is C21H28N4O4S. The van der Waals surface area contributed by atoms with E-state index < -0.39 is 5.60 Å². The van der Waals surface area contributed by atoms with E-state index in [1.165, 1.54) is 11.8 Å². The minimum atomic E-state index is -0.473. The number of carbonyl (C=O) groups excluding carboxylic acids is 2. The number of rotatable bonds is 5. The lowest BCUT2D eigenvalue weighted by molar-refractivity contribution is -0.116. The van der Waals surface area contributed by atoms with Crippen LogP contribution in [0.15, 0.2) is 34.5 Å². The summed E-state index contributed by atoms with van der Waals surface area (Å²) in [6.07, 6.45) is 3.14. The summed E-state index contributed by atoms with van der Waals surface area (Å²) in [5, 5.41) is 11.1. The molecule has 162 valence electrons. The largest absolute Gasteiger partial charge is 0.444 e. The SMILES string of the molecule is CC(C)(C)OC(=O)N1CCC(OCc2ccc(C=NN=C3NC(=O)CS3)cc2)CC1. The molecule has 2 aliphatic heterocycles. The van der Waals surface area contributed by atoms with Gasteiger partial charge in [0.2, 0.25) is 5.91 Å². The molecule has 1 aromatic rings. The minimum absolute atomic E-state index is 0.0474. The molecule has 30 heavy (non-hydrogen) atoms. The Kier molecular flexibility index (Phi) is 7.49. The molecule has 2 aliphatic rings. The van der Waals surface area contributed by atoms with Gasteiger partial charge in [-0.2, -0.15) is 5.10 Å². The van der Waals surface area contributed by atoms with Crippen molar-refractivity contribution in [1.82, 2.24) is 10.2 Å². The van der Waals surface area contributed by atoms with Crippen molar-refractivity contribution in [2.24, 2.45) is 10.2 Å². The molecule has 2 heterocycles. The molecule has 0 bridgehead atoms. The lowest BCUT2D eigenvalue weighted by Crippen LogP contribution is -2.43. The molecular weight excluding hydrogens is 404 g/mol. The van der Waals surface area contributed by atoms with E-state index in [4.69, 9.17) is 9.47 Å². The van der Waals surface area contributed by atoms with Gasteiger partial charge in [0, 0.05) is 13.1 Å². The van der Waals surface area contributed by atoms with Crippen molar-refractivity contribution < 1.29 is 19.1 Å². The molecule has 0 unspecified atom stereocenters. The molecule has 0 spiro atoms. The molecule has 2 fully saturated rings. The molecule has 3 rings (SSSR count). The van der Waals surface area contributed by atoms with Crippen molar-refractivity contribution in [3.63, 3.8) is 0 Å². The van der Waals surface area contributed by atoms with Crippen LogP contribution in [0.5, 0.6) is 0 Å². The number of likely N-dealkylation sites (tertiary alicyclic amines) is 1. The molecule has 1 N–H and O–H groups in total. The number of amidine groups is 1. The van der Waals surface area contributed by atoms with E-state index in [1.54, 1.807) is 11.1 Å². The third-order valence-electron chi connectivity index (χ3n) is 4.50. The molecule has 8 nitrogen and oxygen atoms in total. The van der Waals surface area contributed by atoms with Gasteiger partial charge in [0.15, 0.2) is 5.17 Å². The summed E-state index contributed by atoms with van der Waals surface area (Å²) in [7, 11) is 0. The number of carbonyl (C=O) groups is 2. The molecule has 1 aromatic carbocycles. The number of hydrogen-bond donors (Lipinski definition) is 1. The predicted octanol–water partition coefficient (Wildman–Crippen LogP) is 3.16. The fourth-order valence-corrected chi connectivity index (χ4v) is 3.60. The quantitative estimate of drug-likeness (QED) is 0.570. The zero-order valence-electron chi connectivity index (χ0n) is 17.6. The van der Waals surface area contributed by atoms with Gasteiger partial charge in [-0.3, -0.25) is 4.79 Å². The van der Waals surface area contributed by atoms with Crippen molar-refractivity contribution >= 4 is 35.1 Å². The number of benzene rings is 1. The van der Waals surface area contributed by atoms with Crippen LogP contribution in [-0.4, -0.2) is 58.8 Å². The van der Waals surface area contributed by atoms with E-state index in [1.807, 2.05) is 45.0 Å². The summed E-state index contributed by atoms with van der Waals surface area (Å²) in [5.41, 5.74) is 1.52. The molecule has 9 heteroatoms. The lowest BCUT2D eigenvalue weighted by Gasteiger charge is -2.33. The second-order valence-corrected chi connectivity index (χ2v) is 9.17. The van der Waals surface area contributed by atoms with Crippen LogP contribution in [0.4, 0.5) is 4.79 Å². The van der Waals surface area contributed by atoms with Crippen LogP contribution in [0.2, 0.25) is 0 Å². The highest BCUT2D eigenvalue weighted by Gasteiger charge is 2.27. The van der Waals surface area contributed by atoms with Gasteiger partial charge in [-0.15, -0.1) is 5.10 Å². The second-order valence-electron chi connectivity index (χ2n) is 8.21. The summed E-state index contributed by atoms with van der Waals surface area (Å²) in [4.78, 5) is 25.0. The number of hydrogen-bond acceptors (Lipinski definition) is 7. The number of piperidine rings is 1. The van der Waals surface area contributed by atoms with Crippen molar-refractivity contribution in [2.45, 2.75) is 51.9 Å². The highest BCUT2D eigenvalue weighted by Crippen LogP contribution is 2.18. The van der Waals surface area contributed by atoms with Crippen LogP contribution in [0.25, 0.3) is 0 Å². The van der Waals surface area contributed by atoms with Crippen molar-refractivity contribution in [3.8, 4) is 0 Å². The third-order valence-corrected chi connectivity index (χ3v) is 5.36. The van der Waals surface area contributed by atoms with E-state index >= 15 is 0 Å². The second kappa shape index (κ2) is 10.1. The van der Waals surface area contributed by atoms with Gasteiger partial charge in [-0.1, -0.05) is 36.0 Å². The number of ether oxygens (including phenoxy) is 2. The number of nitrogens with zero attached hydrogens (tertiary/aromatic N) is 3. The van der Waals surface area contributed by atoms with Crippen LogP contribution >= 0.6 is 11.8 Å².